The number of hydrogen-bond donors (Lipinski definition) is 1. The first-order valence-electron chi connectivity index (χ1n) is 10.3. The fourth-order valence-corrected chi connectivity index (χ4v) is 4.07. The minimum Gasteiger partial charge on any atom is -0.337 e. The van der Waals surface area contributed by atoms with Gasteiger partial charge in [0.15, 0.2) is 5.69 Å². The van der Waals surface area contributed by atoms with E-state index in [4.69, 9.17) is 0 Å². The van der Waals surface area contributed by atoms with Gasteiger partial charge >= 0.3 is 0 Å². The number of halogens is 2. The van der Waals surface area contributed by atoms with Crippen LogP contribution in [-0.2, 0) is 0 Å². The predicted octanol–water partition coefficient (Wildman–Crippen LogP) is 2.63. The first kappa shape index (κ1) is 25.1. The van der Waals surface area contributed by atoms with Crippen molar-refractivity contribution in [1.82, 2.24) is 30.1 Å². The van der Waals surface area contributed by atoms with Crippen LogP contribution >= 0.6 is 24.8 Å². The lowest BCUT2D eigenvalue weighted by atomic mass is 9.96. The summed E-state index contributed by atoms with van der Waals surface area (Å²) in [7, 11) is 2.21. The molecule has 9 heteroatoms. The molecule has 2 fully saturated rings. The molecule has 0 unspecified atom stereocenters. The largest absolute Gasteiger partial charge is 0.337 e. The molecule has 1 N–H and O–H groups in total. The molecule has 0 atom stereocenters. The standard InChI is InChI=1S/C19H34N6O.2ClH/c1-3-4-11-23(2)14-16-7-12-24(13-8-16)19(26)18-15-25(22-21-18)17-5-9-20-10-6-17;;/h15-17,20H,3-14H2,1-2H3;2*1H. The van der Waals surface area contributed by atoms with E-state index in [0.717, 1.165) is 58.4 Å². The van der Waals surface area contributed by atoms with Gasteiger partial charge in [0, 0.05) is 19.6 Å². The summed E-state index contributed by atoms with van der Waals surface area (Å²) in [5.41, 5.74) is 0.502. The number of hydrogen-bond acceptors (Lipinski definition) is 5. The molecule has 0 bridgehead atoms. The molecule has 1 aromatic rings. The molecule has 7 nitrogen and oxygen atoms in total. The molecule has 2 saturated heterocycles. The lowest BCUT2D eigenvalue weighted by Crippen LogP contribution is -2.41. The number of carbonyl (C=O) groups excluding carboxylic acids is 1. The summed E-state index contributed by atoms with van der Waals surface area (Å²) in [4.78, 5) is 17.2. The van der Waals surface area contributed by atoms with Gasteiger partial charge in [-0.05, 0) is 64.7 Å². The molecular weight excluding hydrogens is 399 g/mol. The van der Waals surface area contributed by atoms with E-state index in [1.807, 2.05) is 15.8 Å². The molecule has 3 heterocycles. The van der Waals surface area contributed by atoms with E-state index in [2.05, 4.69) is 34.5 Å². The Labute approximate surface area is 181 Å². The zero-order chi connectivity index (χ0) is 18.4. The highest BCUT2D eigenvalue weighted by atomic mass is 35.5. The SMILES string of the molecule is CCCCN(C)CC1CCN(C(=O)c2cn(C3CCNCC3)nn2)CC1.Cl.Cl. The molecule has 0 aromatic carbocycles. The van der Waals surface area contributed by atoms with Crippen LogP contribution in [0.1, 0.15) is 62.0 Å². The summed E-state index contributed by atoms with van der Waals surface area (Å²) in [6.07, 6.45) is 8.63. The fraction of sp³-hybridized carbons (Fsp3) is 0.842. The number of nitrogens with zero attached hydrogens (tertiary/aromatic N) is 5. The van der Waals surface area contributed by atoms with E-state index in [1.165, 1.54) is 19.4 Å². The lowest BCUT2D eigenvalue weighted by molar-refractivity contribution is 0.0667. The minimum absolute atomic E-state index is 0. The van der Waals surface area contributed by atoms with E-state index in [0.29, 0.717) is 17.7 Å². The second kappa shape index (κ2) is 12.6. The summed E-state index contributed by atoms with van der Waals surface area (Å²) in [6.45, 7) is 8.25. The molecule has 0 radical (unpaired) electrons. The average Bonchev–Trinajstić information content (AvgIpc) is 3.17. The highest BCUT2D eigenvalue weighted by Gasteiger charge is 2.26. The number of carbonyl (C=O) groups is 1. The molecule has 0 aliphatic carbocycles. The molecule has 1 aromatic heterocycles. The van der Waals surface area contributed by atoms with Gasteiger partial charge in [0.2, 0.25) is 0 Å². The summed E-state index contributed by atoms with van der Waals surface area (Å²) in [5, 5.41) is 11.7. The van der Waals surface area contributed by atoms with Crippen LogP contribution in [0, 0.1) is 5.92 Å². The Morgan fingerprint density at radius 3 is 2.54 bits per heavy atom. The van der Waals surface area contributed by atoms with E-state index in [-0.39, 0.29) is 30.7 Å². The number of unbranched alkanes of at least 4 members (excludes halogenated alkanes) is 1. The van der Waals surface area contributed by atoms with Crippen molar-refractivity contribution in [3.05, 3.63) is 11.9 Å². The third-order valence-corrected chi connectivity index (χ3v) is 5.78. The molecule has 162 valence electrons. The number of likely N-dealkylation sites (tertiary alicyclic amines) is 1. The number of nitrogens with one attached hydrogen (secondary N) is 1. The molecule has 0 saturated carbocycles. The summed E-state index contributed by atoms with van der Waals surface area (Å²) in [6, 6.07) is 0.370. The van der Waals surface area contributed by atoms with Crippen LogP contribution in [0.25, 0.3) is 0 Å². The van der Waals surface area contributed by atoms with Gasteiger partial charge in [-0.25, -0.2) is 4.68 Å². The van der Waals surface area contributed by atoms with E-state index in [9.17, 15) is 4.79 Å². The monoisotopic (exact) mass is 434 g/mol. The molecular formula is C19H36Cl2N6O. The quantitative estimate of drug-likeness (QED) is 0.714. The Morgan fingerprint density at radius 1 is 1.21 bits per heavy atom. The molecule has 2 aliphatic rings. The first-order chi connectivity index (χ1) is 12.7. The van der Waals surface area contributed by atoms with Crippen molar-refractivity contribution in [3.8, 4) is 0 Å². The van der Waals surface area contributed by atoms with Crippen molar-refractivity contribution in [2.45, 2.75) is 51.5 Å². The molecule has 3 rings (SSSR count). The van der Waals surface area contributed by atoms with Crippen molar-refractivity contribution < 1.29 is 4.79 Å². The van der Waals surface area contributed by atoms with Crippen LogP contribution in [0.3, 0.4) is 0 Å². The zero-order valence-corrected chi connectivity index (χ0v) is 18.8. The number of rotatable bonds is 7. The normalized spacial score (nSPS) is 18.6. The number of amides is 1. The van der Waals surface area contributed by atoms with Crippen molar-refractivity contribution in [3.63, 3.8) is 0 Å². The van der Waals surface area contributed by atoms with Crippen LogP contribution in [-0.4, -0.2) is 77.0 Å². The van der Waals surface area contributed by atoms with Gasteiger partial charge in [0.1, 0.15) is 0 Å². The highest BCUT2D eigenvalue weighted by Crippen LogP contribution is 2.21. The predicted molar refractivity (Wildman–Crippen MR) is 117 cm³/mol. The van der Waals surface area contributed by atoms with Crippen LogP contribution < -0.4 is 5.32 Å². The Bertz CT molecular complexity index is 571. The second-order valence-corrected chi connectivity index (χ2v) is 7.92. The Hall–Kier alpha value is -0.890. The van der Waals surface area contributed by atoms with Crippen LogP contribution in [0.15, 0.2) is 6.20 Å². The van der Waals surface area contributed by atoms with E-state index < -0.39 is 0 Å². The van der Waals surface area contributed by atoms with Crippen molar-refractivity contribution >= 4 is 30.7 Å². The van der Waals surface area contributed by atoms with Gasteiger partial charge in [-0.3, -0.25) is 4.79 Å². The third kappa shape index (κ3) is 6.87. The lowest BCUT2D eigenvalue weighted by Gasteiger charge is -2.33. The third-order valence-electron chi connectivity index (χ3n) is 5.78. The van der Waals surface area contributed by atoms with Gasteiger partial charge in [-0.1, -0.05) is 18.6 Å². The highest BCUT2D eigenvalue weighted by molar-refractivity contribution is 5.92. The fourth-order valence-electron chi connectivity index (χ4n) is 4.07. The first-order valence-corrected chi connectivity index (χ1v) is 10.3. The van der Waals surface area contributed by atoms with Gasteiger partial charge in [-0.2, -0.15) is 0 Å². The maximum absolute atomic E-state index is 12.8. The molecule has 0 spiro atoms. The number of aromatic nitrogens is 3. The summed E-state index contributed by atoms with van der Waals surface area (Å²) in [5.74, 6) is 0.745. The van der Waals surface area contributed by atoms with Gasteiger partial charge < -0.3 is 15.1 Å². The van der Waals surface area contributed by atoms with Crippen LogP contribution in [0.2, 0.25) is 0 Å². The second-order valence-electron chi connectivity index (χ2n) is 7.92. The molecule has 28 heavy (non-hydrogen) atoms. The van der Waals surface area contributed by atoms with Crippen LogP contribution in [0.5, 0.6) is 0 Å². The van der Waals surface area contributed by atoms with Gasteiger partial charge in [0.25, 0.3) is 5.91 Å². The maximum Gasteiger partial charge on any atom is 0.276 e. The van der Waals surface area contributed by atoms with Crippen LogP contribution in [0.4, 0.5) is 0 Å². The molecule has 2 aliphatic heterocycles. The van der Waals surface area contributed by atoms with Gasteiger partial charge in [0.05, 0.1) is 12.2 Å². The van der Waals surface area contributed by atoms with E-state index >= 15 is 0 Å². The van der Waals surface area contributed by atoms with E-state index in [1.54, 1.807) is 0 Å². The van der Waals surface area contributed by atoms with Crippen molar-refractivity contribution in [2.24, 2.45) is 5.92 Å². The maximum atomic E-state index is 12.8. The Balaban J connectivity index is 0.00000196. The van der Waals surface area contributed by atoms with Gasteiger partial charge in [-0.15, -0.1) is 29.9 Å². The summed E-state index contributed by atoms with van der Waals surface area (Å²) < 4.78 is 1.89. The van der Waals surface area contributed by atoms with Crippen molar-refractivity contribution in [2.75, 3.05) is 46.3 Å². The number of piperidine rings is 2. The summed E-state index contributed by atoms with van der Waals surface area (Å²) >= 11 is 0. The minimum atomic E-state index is 0. The average molecular weight is 435 g/mol. The van der Waals surface area contributed by atoms with Crippen molar-refractivity contribution in [1.29, 1.82) is 0 Å². The molecule has 1 amide bonds. The topological polar surface area (TPSA) is 66.3 Å². The Morgan fingerprint density at radius 2 is 1.89 bits per heavy atom. The zero-order valence-electron chi connectivity index (χ0n) is 17.2. The smallest absolute Gasteiger partial charge is 0.276 e. The Kier molecular flexibility index (Phi) is 11.3.